The van der Waals surface area contributed by atoms with Crippen molar-refractivity contribution in [2.45, 2.75) is 13.3 Å². The molecule has 0 aromatic heterocycles. The number of hydrogen-bond acceptors (Lipinski definition) is 2. The number of Topliss-reactive ketones (excluding diaryl/α,β-unsaturated/α-hetero) is 1. The van der Waals surface area contributed by atoms with Gasteiger partial charge in [0.1, 0.15) is 0 Å². The van der Waals surface area contributed by atoms with Gasteiger partial charge in [0.25, 0.3) is 0 Å². The van der Waals surface area contributed by atoms with Crippen LogP contribution in [0.3, 0.4) is 0 Å². The Morgan fingerprint density at radius 2 is 2.23 bits per heavy atom. The van der Waals surface area contributed by atoms with Crippen LogP contribution in [0, 0.1) is 6.92 Å². The van der Waals surface area contributed by atoms with E-state index in [1.165, 1.54) is 0 Å². The number of rotatable bonds is 0. The minimum absolute atomic E-state index is 0.0406. The number of hydrogen-bond donors (Lipinski definition) is 1. The van der Waals surface area contributed by atoms with Gasteiger partial charge in [-0.05, 0) is 18.6 Å². The first-order chi connectivity index (χ1) is 6.22. The molecule has 1 N–H and O–H groups in total. The molecule has 66 valence electrons. The van der Waals surface area contributed by atoms with Gasteiger partial charge in [0, 0.05) is 17.6 Å². The van der Waals surface area contributed by atoms with Gasteiger partial charge in [0.15, 0.2) is 5.78 Å². The third-order valence-electron chi connectivity index (χ3n) is 2.34. The van der Waals surface area contributed by atoms with Crippen LogP contribution in [-0.2, 0) is 6.42 Å². The smallest absolute Gasteiger partial charge is 0.192 e. The Morgan fingerprint density at radius 3 is 2.92 bits per heavy atom. The normalized spacial score (nSPS) is 17.9. The number of fused-ring (bicyclic) bond motifs is 1. The van der Waals surface area contributed by atoms with Gasteiger partial charge < -0.3 is 5.11 Å². The van der Waals surface area contributed by atoms with E-state index in [9.17, 15) is 4.79 Å². The standard InChI is InChI=1S/C11H10O2/c1-7-2-3-8-5-9(6-12)11(13)10(8)4-7/h2-4,6,12H,5H2,1H3. The summed E-state index contributed by atoms with van der Waals surface area (Å²) in [5, 5.41) is 8.80. The minimum atomic E-state index is -0.0406. The average Bonchev–Trinajstić information content (AvgIpc) is 2.44. The predicted molar refractivity (Wildman–Crippen MR) is 49.9 cm³/mol. The molecule has 0 atom stereocenters. The molecule has 0 unspecified atom stereocenters. The Labute approximate surface area is 76.5 Å². The van der Waals surface area contributed by atoms with Crippen molar-refractivity contribution in [3.05, 3.63) is 46.7 Å². The molecule has 1 aromatic carbocycles. The largest absolute Gasteiger partial charge is 0.515 e. The van der Waals surface area contributed by atoms with Gasteiger partial charge >= 0.3 is 0 Å². The third kappa shape index (κ3) is 1.15. The highest BCUT2D eigenvalue weighted by Gasteiger charge is 2.24. The highest BCUT2D eigenvalue weighted by molar-refractivity contribution is 6.13. The van der Waals surface area contributed by atoms with Crippen molar-refractivity contribution in [3.8, 4) is 0 Å². The SMILES string of the molecule is Cc1ccc2c(c1)C(=O)C(=CO)C2. The van der Waals surface area contributed by atoms with Crippen molar-refractivity contribution >= 4 is 5.78 Å². The molecule has 0 radical (unpaired) electrons. The predicted octanol–water partition coefficient (Wildman–Crippen LogP) is 2.18. The maximum atomic E-state index is 11.6. The lowest BCUT2D eigenvalue weighted by molar-refractivity contribution is 0.103. The number of aryl methyl sites for hydroxylation is 1. The Kier molecular flexibility index (Phi) is 1.69. The average molecular weight is 174 g/mol. The van der Waals surface area contributed by atoms with Gasteiger partial charge in [-0.2, -0.15) is 0 Å². The van der Waals surface area contributed by atoms with Crippen LogP contribution < -0.4 is 0 Å². The lowest BCUT2D eigenvalue weighted by Crippen LogP contribution is -1.95. The first kappa shape index (κ1) is 8.05. The summed E-state index contributed by atoms with van der Waals surface area (Å²) in [5.74, 6) is -0.0406. The molecule has 1 aliphatic rings. The summed E-state index contributed by atoms with van der Waals surface area (Å²) in [6, 6.07) is 5.79. The topological polar surface area (TPSA) is 37.3 Å². The second-order valence-electron chi connectivity index (χ2n) is 3.32. The molecule has 2 heteroatoms. The maximum Gasteiger partial charge on any atom is 0.192 e. The van der Waals surface area contributed by atoms with Crippen molar-refractivity contribution in [1.82, 2.24) is 0 Å². The molecule has 1 aromatic rings. The number of aliphatic hydroxyl groups excluding tert-OH is 1. The summed E-state index contributed by atoms with van der Waals surface area (Å²) in [6.45, 7) is 1.95. The summed E-state index contributed by atoms with van der Waals surface area (Å²) >= 11 is 0. The Bertz CT molecular complexity index is 403. The molecule has 0 spiro atoms. The zero-order valence-corrected chi connectivity index (χ0v) is 7.37. The maximum absolute atomic E-state index is 11.6. The fraction of sp³-hybridized carbons (Fsp3) is 0.182. The molecule has 0 aliphatic heterocycles. The molecular weight excluding hydrogens is 164 g/mol. The van der Waals surface area contributed by atoms with Crippen LogP contribution in [0.25, 0.3) is 0 Å². The third-order valence-corrected chi connectivity index (χ3v) is 2.34. The van der Waals surface area contributed by atoms with E-state index in [0.29, 0.717) is 12.0 Å². The van der Waals surface area contributed by atoms with Crippen molar-refractivity contribution in [3.63, 3.8) is 0 Å². The molecule has 0 saturated heterocycles. The zero-order valence-electron chi connectivity index (χ0n) is 7.37. The molecule has 2 nitrogen and oxygen atoms in total. The number of allylic oxidation sites excluding steroid dienone is 1. The van der Waals surface area contributed by atoms with Crippen LogP contribution in [0.1, 0.15) is 21.5 Å². The van der Waals surface area contributed by atoms with Crippen molar-refractivity contribution in [2.24, 2.45) is 0 Å². The fourth-order valence-electron chi connectivity index (χ4n) is 1.62. The van der Waals surface area contributed by atoms with E-state index in [0.717, 1.165) is 23.0 Å². The lowest BCUT2D eigenvalue weighted by atomic mass is 10.1. The summed E-state index contributed by atoms with van der Waals surface area (Å²) < 4.78 is 0. The van der Waals surface area contributed by atoms with E-state index >= 15 is 0 Å². The first-order valence-corrected chi connectivity index (χ1v) is 4.20. The van der Waals surface area contributed by atoms with Gasteiger partial charge in [-0.15, -0.1) is 0 Å². The molecular formula is C11H10O2. The van der Waals surface area contributed by atoms with Crippen LogP contribution in [-0.4, -0.2) is 10.9 Å². The van der Waals surface area contributed by atoms with Crippen LogP contribution in [0.5, 0.6) is 0 Å². The van der Waals surface area contributed by atoms with Gasteiger partial charge in [-0.25, -0.2) is 0 Å². The van der Waals surface area contributed by atoms with E-state index < -0.39 is 0 Å². The number of carbonyl (C=O) groups excluding carboxylic acids is 1. The summed E-state index contributed by atoms with van der Waals surface area (Å²) in [4.78, 5) is 11.6. The number of benzene rings is 1. The lowest BCUT2D eigenvalue weighted by Gasteiger charge is -1.96. The quantitative estimate of drug-likeness (QED) is 0.483. The van der Waals surface area contributed by atoms with E-state index in [-0.39, 0.29) is 5.78 Å². The summed E-state index contributed by atoms with van der Waals surface area (Å²) in [5.41, 5.74) is 3.31. The van der Waals surface area contributed by atoms with Gasteiger partial charge in [0.05, 0.1) is 6.26 Å². The van der Waals surface area contributed by atoms with Gasteiger partial charge in [-0.1, -0.05) is 17.7 Å². The molecule has 0 bridgehead atoms. The fourth-order valence-corrected chi connectivity index (χ4v) is 1.62. The van der Waals surface area contributed by atoms with Crippen molar-refractivity contribution in [1.29, 1.82) is 0 Å². The van der Waals surface area contributed by atoms with Crippen molar-refractivity contribution in [2.75, 3.05) is 0 Å². The Hall–Kier alpha value is -1.57. The van der Waals surface area contributed by atoms with Gasteiger partial charge in [0.2, 0.25) is 0 Å². The second-order valence-corrected chi connectivity index (χ2v) is 3.32. The molecule has 13 heavy (non-hydrogen) atoms. The van der Waals surface area contributed by atoms with E-state index in [4.69, 9.17) is 5.11 Å². The molecule has 0 heterocycles. The number of ketones is 1. The van der Waals surface area contributed by atoms with Gasteiger partial charge in [-0.3, -0.25) is 4.79 Å². The highest BCUT2D eigenvalue weighted by atomic mass is 16.2. The Balaban J connectivity index is 2.57. The number of aliphatic hydroxyl groups is 1. The molecule has 2 rings (SSSR count). The first-order valence-electron chi connectivity index (χ1n) is 4.20. The zero-order chi connectivity index (χ0) is 9.42. The van der Waals surface area contributed by atoms with Crippen LogP contribution in [0.2, 0.25) is 0 Å². The Morgan fingerprint density at radius 1 is 1.46 bits per heavy atom. The summed E-state index contributed by atoms with van der Waals surface area (Å²) in [6.07, 6.45) is 1.47. The molecule has 0 saturated carbocycles. The van der Waals surface area contributed by atoms with E-state index in [1.54, 1.807) is 0 Å². The van der Waals surface area contributed by atoms with E-state index in [2.05, 4.69) is 0 Å². The number of carbonyl (C=O) groups is 1. The monoisotopic (exact) mass is 174 g/mol. The second kappa shape index (κ2) is 2.73. The van der Waals surface area contributed by atoms with Crippen LogP contribution in [0.4, 0.5) is 0 Å². The summed E-state index contributed by atoms with van der Waals surface area (Å²) in [7, 11) is 0. The molecule has 1 aliphatic carbocycles. The van der Waals surface area contributed by atoms with Crippen LogP contribution >= 0.6 is 0 Å². The van der Waals surface area contributed by atoms with Crippen molar-refractivity contribution < 1.29 is 9.90 Å². The highest BCUT2D eigenvalue weighted by Crippen LogP contribution is 2.26. The molecule has 0 amide bonds. The van der Waals surface area contributed by atoms with E-state index in [1.807, 2.05) is 25.1 Å². The minimum Gasteiger partial charge on any atom is -0.515 e. The molecule has 0 fully saturated rings. The van der Waals surface area contributed by atoms with Crippen LogP contribution in [0.15, 0.2) is 30.0 Å².